The molecule has 0 saturated heterocycles. The maximum absolute atomic E-state index is 5.43. The molecule has 0 amide bonds. The molecule has 2 heterocycles. The summed E-state index contributed by atoms with van der Waals surface area (Å²) >= 11 is 1.77. The Morgan fingerprint density at radius 1 is 1.50 bits per heavy atom. The van der Waals surface area contributed by atoms with Crippen molar-refractivity contribution in [3.05, 3.63) is 15.6 Å². The van der Waals surface area contributed by atoms with Crippen LogP contribution < -0.4 is 5.32 Å². The molecule has 3 nitrogen and oxygen atoms in total. The van der Waals surface area contributed by atoms with E-state index in [0.29, 0.717) is 0 Å². The third kappa shape index (κ3) is 1.69. The van der Waals surface area contributed by atoms with Gasteiger partial charge >= 0.3 is 0 Å². The molecular formula is C10H16N2OS. The van der Waals surface area contributed by atoms with E-state index in [0.717, 1.165) is 24.5 Å². The molecule has 0 bridgehead atoms. The molecule has 0 fully saturated rings. The molecule has 1 aliphatic rings. The van der Waals surface area contributed by atoms with Crippen LogP contribution in [0.4, 0.5) is 0 Å². The van der Waals surface area contributed by atoms with Crippen LogP contribution in [0.2, 0.25) is 0 Å². The molecule has 0 unspecified atom stereocenters. The van der Waals surface area contributed by atoms with Crippen LogP contribution in [0.25, 0.3) is 0 Å². The minimum Gasteiger partial charge on any atom is -0.372 e. The van der Waals surface area contributed by atoms with Gasteiger partial charge in [0, 0.05) is 31.5 Å². The number of ether oxygens (including phenoxy) is 1. The van der Waals surface area contributed by atoms with E-state index in [2.05, 4.69) is 24.1 Å². The van der Waals surface area contributed by atoms with Crippen LogP contribution in [-0.2, 0) is 23.3 Å². The van der Waals surface area contributed by atoms with Crippen molar-refractivity contribution in [2.24, 2.45) is 0 Å². The van der Waals surface area contributed by atoms with E-state index >= 15 is 0 Å². The van der Waals surface area contributed by atoms with Crippen LogP contribution in [0.3, 0.4) is 0 Å². The highest BCUT2D eigenvalue weighted by Gasteiger charge is 2.26. The van der Waals surface area contributed by atoms with Crippen molar-refractivity contribution in [3.63, 3.8) is 0 Å². The number of rotatable bonds is 2. The van der Waals surface area contributed by atoms with Gasteiger partial charge in [0.2, 0.25) is 0 Å². The van der Waals surface area contributed by atoms with Crippen molar-refractivity contribution in [2.45, 2.75) is 32.4 Å². The third-order valence-corrected chi connectivity index (χ3v) is 4.03. The molecule has 0 atom stereocenters. The predicted octanol–water partition coefficient (Wildman–Crippen LogP) is 1.67. The second-order valence-electron chi connectivity index (χ2n) is 4.03. The molecule has 0 spiro atoms. The number of methoxy groups -OCH3 is 1. The number of aromatic nitrogens is 1. The maximum atomic E-state index is 5.43. The van der Waals surface area contributed by atoms with Crippen LogP contribution in [0.1, 0.15) is 29.4 Å². The minimum absolute atomic E-state index is 0.248. The molecular weight excluding hydrogens is 196 g/mol. The molecule has 2 rings (SSSR count). The van der Waals surface area contributed by atoms with E-state index in [9.17, 15) is 0 Å². The second-order valence-corrected chi connectivity index (χ2v) is 5.11. The van der Waals surface area contributed by atoms with Crippen molar-refractivity contribution < 1.29 is 4.74 Å². The summed E-state index contributed by atoms with van der Waals surface area (Å²) in [5, 5.41) is 4.44. The summed E-state index contributed by atoms with van der Waals surface area (Å²) in [4.78, 5) is 6.02. The second kappa shape index (κ2) is 3.61. The zero-order valence-corrected chi connectivity index (χ0v) is 9.70. The Kier molecular flexibility index (Phi) is 2.60. The summed E-state index contributed by atoms with van der Waals surface area (Å²) in [5.41, 5.74) is 1.01. The van der Waals surface area contributed by atoms with Gasteiger partial charge in [-0.15, -0.1) is 11.3 Å². The normalized spacial score (nSPS) is 16.8. The Labute approximate surface area is 88.5 Å². The summed E-state index contributed by atoms with van der Waals surface area (Å²) in [6.45, 7) is 6.13. The van der Waals surface area contributed by atoms with Crippen LogP contribution in [-0.4, -0.2) is 18.6 Å². The molecule has 0 aromatic carbocycles. The van der Waals surface area contributed by atoms with Crippen molar-refractivity contribution in [1.82, 2.24) is 10.3 Å². The fourth-order valence-corrected chi connectivity index (χ4v) is 2.63. The first-order valence-electron chi connectivity index (χ1n) is 4.88. The van der Waals surface area contributed by atoms with Gasteiger partial charge in [0.05, 0.1) is 5.69 Å². The SMILES string of the molecule is COC(C)(C)c1nc2c(s1)CNCC2. The highest BCUT2D eigenvalue weighted by molar-refractivity contribution is 7.11. The molecule has 1 aliphatic heterocycles. The number of hydrogen-bond acceptors (Lipinski definition) is 4. The maximum Gasteiger partial charge on any atom is 0.125 e. The van der Waals surface area contributed by atoms with Gasteiger partial charge in [-0.1, -0.05) is 0 Å². The standard InChI is InChI=1S/C10H16N2OS/c1-10(2,13-3)9-12-7-4-5-11-6-8(7)14-9/h11H,4-6H2,1-3H3. The Balaban J connectivity index is 2.32. The van der Waals surface area contributed by atoms with Gasteiger partial charge in [-0.05, 0) is 13.8 Å². The number of fused-ring (bicyclic) bond motifs is 1. The molecule has 1 aromatic rings. The lowest BCUT2D eigenvalue weighted by molar-refractivity contribution is 0.0189. The summed E-state index contributed by atoms with van der Waals surface area (Å²) in [5.74, 6) is 0. The van der Waals surface area contributed by atoms with Crippen LogP contribution >= 0.6 is 11.3 Å². The lowest BCUT2D eigenvalue weighted by Gasteiger charge is -2.19. The van der Waals surface area contributed by atoms with Gasteiger partial charge in [-0.2, -0.15) is 0 Å². The molecule has 1 aromatic heterocycles. The quantitative estimate of drug-likeness (QED) is 0.809. The number of nitrogens with zero attached hydrogens (tertiary/aromatic N) is 1. The zero-order chi connectivity index (χ0) is 10.2. The highest BCUT2D eigenvalue weighted by atomic mass is 32.1. The summed E-state index contributed by atoms with van der Waals surface area (Å²) in [6.07, 6.45) is 1.05. The van der Waals surface area contributed by atoms with Crippen molar-refractivity contribution in [1.29, 1.82) is 0 Å². The van der Waals surface area contributed by atoms with Crippen molar-refractivity contribution in [2.75, 3.05) is 13.7 Å². The van der Waals surface area contributed by atoms with Gasteiger partial charge in [-0.3, -0.25) is 0 Å². The highest BCUT2D eigenvalue weighted by Crippen LogP contribution is 2.31. The Hall–Kier alpha value is -0.450. The molecule has 14 heavy (non-hydrogen) atoms. The first-order chi connectivity index (χ1) is 6.63. The van der Waals surface area contributed by atoms with Crippen LogP contribution in [0.15, 0.2) is 0 Å². The molecule has 78 valence electrons. The first-order valence-corrected chi connectivity index (χ1v) is 5.70. The Bertz CT molecular complexity index is 309. The lowest BCUT2D eigenvalue weighted by Crippen LogP contribution is -2.22. The smallest absolute Gasteiger partial charge is 0.125 e. The Morgan fingerprint density at radius 2 is 2.29 bits per heavy atom. The molecule has 4 heteroatoms. The first kappa shape index (κ1) is 10.1. The Morgan fingerprint density at radius 3 is 2.93 bits per heavy atom. The largest absolute Gasteiger partial charge is 0.372 e. The monoisotopic (exact) mass is 212 g/mol. The average molecular weight is 212 g/mol. The molecule has 0 aliphatic carbocycles. The van der Waals surface area contributed by atoms with Crippen molar-refractivity contribution in [3.8, 4) is 0 Å². The van der Waals surface area contributed by atoms with Gasteiger partial charge in [0.25, 0.3) is 0 Å². The topological polar surface area (TPSA) is 34.1 Å². The summed E-state index contributed by atoms with van der Waals surface area (Å²) in [7, 11) is 1.73. The molecule has 1 N–H and O–H groups in total. The number of nitrogens with one attached hydrogen (secondary N) is 1. The third-order valence-electron chi connectivity index (χ3n) is 2.63. The van der Waals surface area contributed by atoms with Crippen LogP contribution in [0, 0.1) is 0 Å². The van der Waals surface area contributed by atoms with Gasteiger partial charge in [-0.25, -0.2) is 4.98 Å². The van der Waals surface area contributed by atoms with E-state index in [1.807, 2.05) is 0 Å². The zero-order valence-electron chi connectivity index (χ0n) is 8.89. The van der Waals surface area contributed by atoms with E-state index in [4.69, 9.17) is 4.74 Å². The summed E-state index contributed by atoms with van der Waals surface area (Å²) in [6, 6.07) is 0. The lowest BCUT2D eigenvalue weighted by atomic mass is 10.1. The van der Waals surface area contributed by atoms with E-state index in [1.54, 1.807) is 18.4 Å². The number of hydrogen-bond donors (Lipinski definition) is 1. The summed E-state index contributed by atoms with van der Waals surface area (Å²) < 4.78 is 5.43. The minimum atomic E-state index is -0.248. The van der Waals surface area contributed by atoms with Crippen LogP contribution in [0.5, 0.6) is 0 Å². The predicted molar refractivity (Wildman–Crippen MR) is 57.6 cm³/mol. The van der Waals surface area contributed by atoms with Gasteiger partial charge in [0.15, 0.2) is 0 Å². The fraction of sp³-hybridized carbons (Fsp3) is 0.700. The molecule has 0 radical (unpaired) electrons. The fourth-order valence-electron chi connectivity index (χ4n) is 1.47. The average Bonchev–Trinajstić information content (AvgIpc) is 2.61. The van der Waals surface area contributed by atoms with E-state index in [-0.39, 0.29) is 5.60 Å². The van der Waals surface area contributed by atoms with E-state index < -0.39 is 0 Å². The van der Waals surface area contributed by atoms with Gasteiger partial charge in [0.1, 0.15) is 10.6 Å². The molecule has 0 saturated carbocycles. The number of thiazole rings is 1. The van der Waals surface area contributed by atoms with Crippen molar-refractivity contribution >= 4 is 11.3 Å². The van der Waals surface area contributed by atoms with Gasteiger partial charge < -0.3 is 10.1 Å². The van der Waals surface area contributed by atoms with E-state index in [1.165, 1.54) is 10.6 Å².